The van der Waals surface area contributed by atoms with Crippen molar-refractivity contribution < 1.29 is 9.84 Å². The summed E-state index contributed by atoms with van der Waals surface area (Å²) in [6, 6.07) is 0. The van der Waals surface area contributed by atoms with Crippen LogP contribution in [0, 0.1) is 0 Å². The lowest BCUT2D eigenvalue weighted by molar-refractivity contribution is 0.0748. The lowest BCUT2D eigenvalue weighted by Gasteiger charge is -2.24. The minimum atomic E-state index is -0.958. The Morgan fingerprint density at radius 1 is 1.67 bits per heavy atom. The minimum Gasteiger partial charge on any atom is -0.379 e. The van der Waals surface area contributed by atoms with Crippen LogP contribution in [0.1, 0.15) is 6.42 Å². The predicted octanol–water partition coefficient (Wildman–Crippen LogP) is -1.62. The molecule has 0 aromatic rings. The molecule has 1 heterocycles. The largest absolute Gasteiger partial charge is 0.379 e. The van der Waals surface area contributed by atoms with Gasteiger partial charge in [-0.05, 0) is 6.42 Å². The number of aliphatic hydroxyl groups is 1. The van der Waals surface area contributed by atoms with Crippen LogP contribution in [0.25, 0.3) is 0 Å². The Bertz CT molecular complexity index is 99.1. The lowest BCUT2D eigenvalue weighted by Crippen LogP contribution is -2.55. The number of rotatable bonds is 1. The number of aliphatic hydroxyl groups excluding tert-OH is 1. The Kier molecular flexibility index (Phi) is 1.72. The van der Waals surface area contributed by atoms with E-state index in [0.29, 0.717) is 19.6 Å². The molecule has 1 rings (SSSR count). The molecule has 0 aromatic heterocycles. The first kappa shape index (κ1) is 6.95. The molecule has 0 aliphatic carbocycles. The molecule has 0 bridgehead atoms. The Hall–Kier alpha value is -0.160. The number of hydrogen-bond donors (Lipinski definition) is 3. The highest BCUT2D eigenvalue weighted by Crippen LogP contribution is 2.16. The molecular weight excluding hydrogens is 120 g/mol. The van der Waals surface area contributed by atoms with Gasteiger partial charge in [0.25, 0.3) is 0 Å². The number of ether oxygens (including phenoxy) is 1. The van der Waals surface area contributed by atoms with E-state index in [0.717, 1.165) is 0 Å². The zero-order valence-electron chi connectivity index (χ0n) is 5.21. The lowest BCUT2D eigenvalue weighted by atomic mass is 9.99. The van der Waals surface area contributed by atoms with Gasteiger partial charge in [-0.25, -0.2) is 0 Å². The summed E-state index contributed by atoms with van der Waals surface area (Å²) >= 11 is 0. The van der Waals surface area contributed by atoms with Crippen LogP contribution in [0.2, 0.25) is 0 Å². The summed E-state index contributed by atoms with van der Waals surface area (Å²) < 4.78 is 4.96. The van der Waals surface area contributed by atoms with Crippen molar-refractivity contribution in [2.75, 3.05) is 13.2 Å². The number of hydrogen-bond acceptors (Lipinski definition) is 4. The fourth-order valence-electron chi connectivity index (χ4n) is 0.830. The molecule has 1 aliphatic rings. The molecule has 1 saturated heterocycles. The smallest absolute Gasteiger partial charge is 0.122 e. The highest BCUT2D eigenvalue weighted by atomic mass is 16.5. The van der Waals surface area contributed by atoms with Crippen molar-refractivity contribution >= 4 is 0 Å². The maximum atomic E-state index is 8.88. The summed E-state index contributed by atoms with van der Waals surface area (Å²) in [6.07, 6.45) is -0.315. The van der Waals surface area contributed by atoms with Crippen molar-refractivity contribution in [3.63, 3.8) is 0 Å². The van der Waals surface area contributed by atoms with Gasteiger partial charge in [-0.3, -0.25) is 0 Å². The van der Waals surface area contributed by atoms with Gasteiger partial charge in [-0.2, -0.15) is 0 Å². The summed E-state index contributed by atoms with van der Waals surface area (Å²) in [5, 5.41) is 8.88. The van der Waals surface area contributed by atoms with Crippen LogP contribution in [-0.4, -0.2) is 30.1 Å². The van der Waals surface area contributed by atoms with Crippen molar-refractivity contribution in [1.82, 2.24) is 0 Å². The second-order valence-corrected chi connectivity index (χ2v) is 2.48. The first-order valence-electron chi connectivity index (χ1n) is 2.95. The van der Waals surface area contributed by atoms with E-state index in [9.17, 15) is 0 Å². The first-order chi connectivity index (χ1) is 4.15. The molecule has 54 valence electrons. The van der Waals surface area contributed by atoms with Crippen LogP contribution in [0.4, 0.5) is 0 Å². The van der Waals surface area contributed by atoms with Crippen molar-refractivity contribution in [2.45, 2.75) is 18.2 Å². The molecular formula is C5H12N2O2. The van der Waals surface area contributed by atoms with Crippen LogP contribution >= 0.6 is 0 Å². The molecule has 5 N–H and O–H groups in total. The van der Waals surface area contributed by atoms with E-state index in [2.05, 4.69) is 0 Å². The third-order valence-electron chi connectivity index (χ3n) is 1.67. The van der Waals surface area contributed by atoms with Crippen molar-refractivity contribution in [3.8, 4) is 0 Å². The Morgan fingerprint density at radius 2 is 2.33 bits per heavy atom. The van der Waals surface area contributed by atoms with Gasteiger partial charge >= 0.3 is 0 Å². The summed E-state index contributed by atoms with van der Waals surface area (Å²) in [5.41, 5.74) is 10.1. The third kappa shape index (κ3) is 1.21. The first-order valence-corrected chi connectivity index (χ1v) is 2.95. The maximum Gasteiger partial charge on any atom is 0.122 e. The molecule has 0 aromatic carbocycles. The van der Waals surface area contributed by atoms with Gasteiger partial charge in [0.05, 0.1) is 12.1 Å². The van der Waals surface area contributed by atoms with Gasteiger partial charge in [0.2, 0.25) is 0 Å². The topological polar surface area (TPSA) is 81.5 Å². The average Bonchev–Trinajstić information content (AvgIpc) is 2.16. The van der Waals surface area contributed by atoms with Gasteiger partial charge in [0, 0.05) is 6.61 Å². The van der Waals surface area contributed by atoms with E-state index in [1.165, 1.54) is 0 Å². The molecule has 9 heavy (non-hydrogen) atoms. The average molecular weight is 132 g/mol. The van der Waals surface area contributed by atoms with Crippen LogP contribution in [0.15, 0.2) is 0 Å². The summed E-state index contributed by atoms with van der Waals surface area (Å²) in [6.45, 7) is 0.968. The molecule has 4 nitrogen and oxygen atoms in total. The summed E-state index contributed by atoms with van der Waals surface area (Å²) in [4.78, 5) is 0. The normalized spacial score (nSPS) is 39.0. The van der Waals surface area contributed by atoms with Gasteiger partial charge in [0.1, 0.15) is 6.23 Å². The van der Waals surface area contributed by atoms with Crippen LogP contribution in [-0.2, 0) is 4.74 Å². The standard InChI is InChI=1S/C5H12N2O2/c6-4(8)5(7)1-2-9-3-5/h4,8H,1-3,6-7H2. The minimum absolute atomic E-state index is 0.366. The van der Waals surface area contributed by atoms with E-state index < -0.39 is 11.8 Å². The summed E-state index contributed by atoms with van der Waals surface area (Å²) in [7, 11) is 0. The summed E-state index contributed by atoms with van der Waals surface area (Å²) in [5.74, 6) is 0. The monoisotopic (exact) mass is 132 g/mol. The van der Waals surface area contributed by atoms with Crippen molar-refractivity contribution in [1.29, 1.82) is 0 Å². The predicted molar refractivity (Wildman–Crippen MR) is 32.5 cm³/mol. The van der Waals surface area contributed by atoms with Crippen molar-refractivity contribution in [3.05, 3.63) is 0 Å². The molecule has 0 spiro atoms. The molecule has 0 amide bonds. The van der Waals surface area contributed by atoms with E-state index in [1.807, 2.05) is 0 Å². The maximum absolute atomic E-state index is 8.88. The fourth-order valence-corrected chi connectivity index (χ4v) is 0.830. The molecule has 2 atom stereocenters. The van der Waals surface area contributed by atoms with Crippen molar-refractivity contribution in [2.24, 2.45) is 11.5 Å². The molecule has 1 fully saturated rings. The highest BCUT2D eigenvalue weighted by molar-refractivity contribution is 4.91. The Balaban J connectivity index is 2.51. The molecule has 4 heteroatoms. The SMILES string of the molecule is NC(O)C1(N)CCOC1. The Morgan fingerprint density at radius 3 is 2.56 bits per heavy atom. The van der Waals surface area contributed by atoms with E-state index in [4.69, 9.17) is 21.3 Å². The third-order valence-corrected chi connectivity index (χ3v) is 1.67. The molecule has 0 radical (unpaired) electrons. The van der Waals surface area contributed by atoms with Crippen LogP contribution in [0.3, 0.4) is 0 Å². The molecule has 0 saturated carbocycles. The fraction of sp³-hybridized carbons (Fsp3) is 1.00. The second kappa shape index (κ2) is 2.22. The highest BCUT2D eigenvalue weighted by Gasteiger charge is 2.35. The zero-order chi connectivity index (χ0) is 6.91. The second-order valence-electron chi connectivity index (χ2n) is 2.48. The molecule has 2 unspecified atom stereocenters. The van der Waals surface area contributed by atoms with E-state index >= 15 is 0 Å². The molecule has 1 aliphatic heterocycles. The zero-order valence-corrected chi connectivity index (χ0v) is 5.21. The van der Waals surface area contributed by atoms with Gasteiger partial charge in [-0.15, -0.1) is 0 Å². The van der Waals surface area contributed by atoms with Gasteiger partial charge < -0.3 is 21.3 Å². The Labute approximate surface area is 53.8 Å². The van der Waals surface area contributed by atoms with Crippen LogP contribution < -0.4 is 11.5 Å². The van der Waals surface area contributed by atoms with Gasteiger partial charge in [0.15, 0.2) is 0 Å². The number of nitrogens with two attached hydrogens (primary N) is 2. The van der Waals surface area contributed by atoms with E-state index in [-0.39, 0.29) is 0 Å². The van der Waals surface area contributed by atoms with E-state index in [1.54, 1.807) is 0 Å². The van der Waals surface area contributed by atoms with Gasteiger partial charge in [-0.1, -0.05) is 0 Å². The van der Waals surface area contributed by atoms with Crippen LogP contribution in [0.5, 0.6) is 0 Å². The quantitative estimate of drug-likeness (QED) is 0.374.